The number of nitrogens with two attached hydrogens (primary N) is 1. The van der Waals surface area contributed by atoms with E-state index in [0.29, 0.717) is 19.6 Å². The van der Waals surface area contributed by atoms with E-state index in [2.05, 4.69) is 5.32 Å². The van der Waals surface area contributed by atoms with Crippen LogP contribution in [0.15, 0.2) is 0 Å². The smallest absolute Gasteiger partial charge is 0.237 e. The number of nitrogens with one attached hydrogen (secondary N) is 1. The predicted molar refractivity (Wildman–Crippen MR) is 70.3 cm³/mol. The molecule has 0 aliphatic heterocycles. The molecule has 1 rings (SSSR count). The van der Waals surface area contributed by atoms with Crippen molar-refractivity contribution in [2.45, 2.75) is 57.2 Å². The Morgan fingerprint density at radius 2 is 2.22 bits per heavy atom. The average molecular weight is 258 g/mol. The molecule has 1 saturated carbocycles. The summed E-state index contributed by atoms with van der Waals surface area (Å²) in [7, 11) is 1.68. The minimum atomic E-state index is -0.583. The van der Waals surface area contributed by atoms with Gasteiger partial charge in [-0.15, -0.1) is 0 Å². The van der Waals surface area contributed by atoms with Crippen molar-refractivity contribution in [3.05, 3.63) is 0 Å². The highest BCUT2D eigenvalue weighted by Crippen LogP contribution is 2.32. The van der Waals surface area contributed by atoms with Crippen LogP contribution in [-0.4, -0.2) is 43.9 Å². The van der Waals surface area contributed by atoms with Gasteiger partial charge in [0.15, 0.2) is 0 Å². The highest BCUT2D eigenvalue weighted by atomic mass is 16.5. The zero-order chi connectivity index (χ0) is 13.6. The van der Waals surface area contributed by atoms with Crippen LogP contribution in [0.5, 0.6) is 0 Å². The van der Waals surface area contributed by atoms with Crippen LogP contribution in [0.3, 0.4) is 0 Å². The standard InChI is InChI=1S/C13H26N2O3/c1-10(2)15-13(12(14)16)6-5-11(9-13)18-8-4-7-17-3/h10-11,15H,4-9H2,1-3H3,(H2,14,16). The van der Waals surface area contributed by atoms with Gasteiger partial charge in [-0.3, -0.25) is 4.79 Å². The Labute approximate surface area is 109 Å². The van der Waals surface area contributed by atoms with E-state index < -0.39 is 5.54 Å². The Bertz CT molecular complexity index is 271. The zero-order valence-corrected chi connectivity index (χ0v) is 11.7. The first-order valence-corrected chi connectivity index (χ1v) is 6.68. The molecule has 1 fully saturated rings. The molecule has 5 nitrogen and oxygen atoms in total. The summed E-state index contributed by atoms with van der Waals surface area (Å²) in [6.45, 7) is 5.43. The van der Waals surface area contributed by atoms with Gasteiger partial charge in [0.05, 0.1) is 6.10 Å². The van der Waals surface area contributed by atoms with Crippen molar-refractivity contribution in [1.29, 1.82) is 0 Å². The summed E-state index contributed by atoms with van der Waals surface area (Å²) >= 11 is 0. The second-order valence-corrected chi connectivity index (χ2v) is 5.33. The summed E-state index contributed by atoms with van der Waals surface area (Å²) in [5.74, 6) is -0.265. The van der Waals surface area contributed by atoms with Gasteiger partial charge in [-0.2, -0.15) is 0 Å². The fraction of sp³-hybridized carbons (Fsp3) is 0.923. The number of ether oxygens (including phenoxy) is 2. The first kappa shape index (κ1) is 15.4. The molecule has 0 heterocycles. The van der Waals surface area contributed by atoms with Crippen LogP contribution in [0.25, 0.3) is 0 Å². The summed E-state index contributed by atoms with van der Waals surface area (Å²) in [5.41, 5.74) is 4.96. The van der Waals surface area contributed by atoms with Crippen LogP contribution in [-0.2, 0) is 14.3 Å². The number of amides is 1. The normalized spacial score (nSPS) is 27.9. The lowest BCUT2D eigenvalue weighted by Gasteiger charge is -2.29. The third-order valence-corrected chi connectivity index (χ3v) is 3.35. The van der Waals surface area contributed by atoms with E-state index in [1.165, 1.54) is 0 Å². The second-order valence-electron chi connectivity index (χ2n) is 5.33. The molecule has 0 aromatic heterocycles. The number of hydrogen-bond acceptors (Lipinski definition) is 4. The molecular weight excluding hydrogens is 232 g/mol. The number of carbonyl (C=O) groups excluding carboxylic acids is 1. The molecule has 1 amide bonds. The first-order valence-electron chi connectivity index (χ1n) is 6.68. The van der Waals surface area contributed by atoms with Crippen molar-refractivity contribution in [3.63, 3.8) is 0 Å². The SMILES string of the molecule is COCCCOC1CCC(NC(C)C)(C(N)=O)C1. The van der Waals surface area contributed by atoms with Gasteiger partial charge >= 0.3 is 0 Å². The van der Waals surface area contributed by atoms with Gasteiger partial charge in [0.1, 0.15) is 5.54 Å². The zero-order valence-electron chi connectivity index (χ0n) is 11.7. The predicted octanol–water partition coefficient (Wildman–Crippen LogP) is 0.814. The van der Waals surface area contributed by atoms with Crippen LogP contribution >= 0.6 is 0 Å². The summed E-state index contributed by atoms with van der Waals surface area (Å²) in [6.07, 6.45) is 3.33. The van der Waals surface area contributed by atoms with Crippen molar-refractivity contribution < 1.29 is 14.3 Å². The van der Waals surface area contributed by atoms with Gasteiger partial charge in [0.25, 0.3) is 0 Å². The maximum absolute atomic E-state index is 11.7. The molecule has 0 aromatic rings. The van der Waals surface area contributed by atoms with E-state index in [1.54, 1.807) is 7.11 Å². The molecule has 2 unspecified atom stereocenters. The fourth-order valence-corrected chi connectivity index (χ4v) is 2.57. The molecule has 0 radical (unpaired) electrons. The van der Waals surface area contributed by atoms with Gasteiger partial charge in [-0.25, -0.2) is 0 Å². The van der Waals surface area contributed by atoms with Crippen molar-refractivity contribution >= 4 is 5.91 Å². The van der Waals surface area contributed by atoms with Crippen LogP contribution in [0.4, 0.5) is 0 Å². The van der Waals surface area contributed by atoms with Gasteiger partial charge in [0.2, 0.25) is 5.91 Å². The summed E-state index contributed by atoms with van der Waals surface area (Å²) < 4.78 is 10.7. The van der Waals surface area contributed by atoms with Gasteiger partial charge in [0, 0.05) is 32.8 Å². The van der Waals surface area contributed by atoms with E-state index in [9.17, 15) is 4.79 Å². The number of hydrogen-bond donors (Lipinski definition) is 2. The van der Waals surface area contributed by atoms with Crippen LogP contribution in [0, 0.1) is 0 Å². The van der Waals surface area contributed by atoms with Gasteiger partial charge < -0.3 is 20.5 Å². The third-order valence-electron chi connectivity index (χ3n) is 3.35. The molecule has 2 atom stereocenters. The second kappa shape index (κ2) is 7.07. The lowest BCUT2D eigenvalue weighted by molar-refractivity contribution is -0.125. The number of methoxy groups -OCH3 is 1. The van der Waals surface area contributed by atoms with Crippen LogP contribution < -0.4 is 11.1 Å². The Morgan fingerprint density at radius 3 is 2.78 bits per heavy atom. The van der Waals surface area contributed by atoms with Crippen molar-refractivity contribution in [3.8, 4) is 0 Å². The van der Waals surface area contributed by atoms with E-state index >= 15 is 0 Å². The summed E-state index contributed by atoms with van der Waals surface area (Å²) in [4.78, 5) is 11.7. The lowest BCUT2D eigenvalue weighted by Crippen LogP contribution is -2.56. The number of rotatable bonds is 8. The van der Waals surface area contributed by atoms with E-state index in [-0.39, 0.29) is 18.1 Å². The van der Waals surface area contributed by atoms with E-state index in [0.717, 1.165) is 19.3 Å². The molecule has 5 heteroatoms. The van der Waals surface area contributed by atoms with Crippen molar-refractivity contribution in [2.24, 2.45) is 5.73 Å². The summed E-state index contributed by atoms with van der Waals surface area (Å²) in [5, 5.41) is 3.31. The van der Waals surface area contributed by atoms with Gasteiger partial charge in [-0.1, -0.05) is 0 Å². The Balaban J connectivity index is 2.42. The highest BCUT2D eigenvalue weighted by molar-refractivity contribution is 5.85. The topological polar surface area (TPSA) is 73.6 Å². The van der Waals surface area contributed by atoms with Crippen LogP contribution in [0.2, 0.25) is 0 Å². The molecule has 0 saturated heterocycles. The average Bonchev–Trinajstić information content (AvgIpc) is 2.68. The van der Waals surface area contributed by atoms with Crippen LogP contribution in [0.1, 0.15) is 39.5 Å². The first-order chi connectivity index (χ1) is 8.50. The number of primary amides is 1. The highest BCUT2D eigenvalue weighted by Gasteiger charge is 2.44. The molecule has 18 heavy (non-hydrogen) atoms. The fourth-order valence-electron chi connectivity index (χ4n) is 2.57. The minimum absolute atomic E-state index is 0.126. The van der Waals surface area contributed by atoms with Gasteiger partial charge in [-0.05, 0) is 33.1 Å². The Morgan fingerprint density at radius 1 is 1.50 bits per heavy atom. The molecule has 0 spiro atoms. The molecule has 3 N–H and O–H groups in total. The maximum Gasteiger partial charge on any atom is 0.237 e. The molecule has 1 aliphatic carbocycles. The molecule has 1 aliphatic rings. The molecular formula is C13H26N2O3. The minimum Gasteiger partial charge on any atom is -0.385 e. The monoisotopic (exact) mass is 258 g/mol. The van der Waals surface area contributed by atoms with Crippen molar-refractivity contribution in [1.82, 2.24) is 5.32 Å². The largest absolute Gasteiger partial charge is 0.385 e. The number of carbonyl (C=O) groups is 1. The molecule has 106 valence electrons. The quantitative estimate of drug-likeness (QED) is 0.632. The maximum atomic E-state index is 11.7. The van der Waals surface area contributed by atoms with E-state index in [1.807, 2.05) is 13.8 Å². The molecule has 0 aromatic carbocycles. The Hall–Kier alpha value is -0.650. The Kier molecular flexibility index (Phi) is 6.05. The lowest BCUT2D eigenvalue weighted by atomic mass is 9.95. The summed E-state index contributed by atoms with van der Waals surface area (Å²) in [6, 6.07) is 0.241. The third kappa shape index (κ3) is 4.23. The van der Waals surface area contributed by atoms with E-state index in [4.69, 9.17) is 15.2 Å². The molecule has 0 bridgehead atoms. The van der Waals surface area contributed by atoms with Crippen molar-refractivity contribution in [2.75, 3.05) is 20.3 Å².